The molecule has 3 aromatic carbocycles. The van der Waals surface area contributed by atoms with Gasteiger partial charge in [0.2, 0.25) is 0 Å². The molecule has 3 aromatic rings. The number of fused-ring (bicyclic) bond motifs is 7. The van der Waals surface area contributed by atoms with Gasteiger partial charge in [0.05, 0.1) is 0 Å². The van der Waals surface area contributed by atoms with Gasteiger partial charge in [-0.3, -0.25) is 0 Å². The van der Waals surface area contributed by atoms with Crippen molar-refractivity contribution in [2.75, 3.05) is 0 Å². The van der Waals surface area contributed by atoms with Gasteiger partial charge in [0.25, 0.3) is 0 Å². The summed E-state index contributed by atoms with van der Waals surface area (Å²) >= 11 is 0. The largest absolute Gasteiger partial charge is 0.0833 e. The maximum atomic E-state index is 2.66. The molecule has 0 heterocycles. The Bertz CT molecular complexity index is 1530. The topological polar surface area (TPSA) is 0 Å². The lowest BCUT2D eigenvalue weighted by Gasteiger charge is -2.25. The maximum absolute atomic E-state index is 2.66. The Kier molecular flexibility index (Phi) is 9.72. The lowest BCUT2D eigenvalue weighted by atomic mass is 9.79. The van der Waals surface area contributed by atoms with Crippen molar-refractivity contribution in [3.05, 3.63) is 117 Å². The standard InChI is InChI=1S/C42H52/c1-7-13-32-20-24-37-35(27-32)22-25-39-38(37)19-12-17-33-16-10-14-30(8-2)26-31(9-3)15-11-18-34-21-23-36(42(4,5)6)29-40(34)41(39)28-33/h12,14,19-29,33H,7-11,13,15-18H2,1-6H3. The zero-order valence-electron chi connectivity index (χ0n) is 27.2. The summed E-state index contributed by atoms with van der Waals surface area (Å²) in [5.41, 5.74) is 13.3. The van der Waals surface area contributed by atoms with Crippen LogP contribution >= 0.6 is 0 Å². The van der Waals surface area contributed by atoms with Gasteiger partial charge >= 0.3 is 0 Å². The second-order valence-corrected chi connectivity index (χ2v) is 13.7. The summed E-state index contributed by atoms with van der Waals surface area (Å²) in [6.45, 7) is 14.0. The van der Waals surface area contributed by atoms with Crippen molar-refractivity contribution in [1.82, 2.24) is 0 Å². The monoisotopic (exact) mass is 556 g/mol. The predicted octanol–water partition coefficient (Wildman–Crippen LogP) is 12.3. The van der Waals surface area contributed by atoms with Gasteiger partial charge in [-0.1, -0.05) is 138 Å². The normalized spacial score (nSPS) is 18.1. The summed E-state index contributed by atoms with van der Waals surface area (Å²) in [5, 5.41) is 2.74. The molecule has 0 aliphatic heterocycles. The zero-order valence-corrected chi connectivity index (χ0v) is 27.2. The second-order valence-electron chi connectivity index (χ2n) is 13.7. The highest BCUT2D eigenvalue weighted by Crippen LogP contribution is 2.40. The van der Waals surface area contributed by atoms with Crippen LogP contribution in [-0.4, -0.2) is 0 Å². The predicted molar refractivity (Wildman–Crippen MR) is 186 cm³/mol. The number of allylic oxidation sites excluding steroid dienone is 6. The van der Waals surface area contributed by atoms with E-state index in [9.17, 15) is 0 Å². The van der Waals surface area contributed by atoms with Crippen molar-refractivity contribution in [2.45, 2.75) is 111 Å². The van der Waals surface area contributed by atoms with Gasteiger partial charge in [-0.2, -0.15) is 0 Å². The summed E-state index contributed by atoms with van der Waals surface area (Å²) in [5.74, 6) is 0.519. The molecule has 0 spiro atoms. The first kappa shape index (κ1) is 30.3. The van der Waals surface area contributed by atoms with Crippen molar-refractivity contribution in [3.63, 3.8) is 0 Å². The van der Waals surface area contributed by atoms with Crippen molar-refractivity contribution in [3.8, 4) is 0 Å². The Morgan fingerprint density at radius 2 is 1.71 bits per heavy atom. The van der Waals surface area contributed by atoms with Crippen LogP contribution in [0.25, 0.3) is 22.4 Å². The molecule has 0 heteroatoms. The third-order valence-electron chi connectivity index (χ3n) is 9.49. The summed E-state index contributed by atoms with van der Waals surface area (Å²) in [6, 6.07) is 19.4. The fourth-order valence-corrected chi connectivity index (χ4v) is 6.87. The Balaban J connectivity index is 1.71. The number of hydrogen-bond donors (Lipinski definition) is 0. The minimum absolute atomic E-state index is 0.108. The molecule has 0 fully saturated rings. The summed E-state index contributed by atoms with van der Waals surface area (Å²) < 4.78 is 0. The van der Waals surface area contributed by atoms with Crippen LogP contribution in [0.4, 0.5) is 0 Å². The summed E-state index contributed by atoms with van der Waals surface area (Å²) in [6.07, 6.45) is 24.1. The molecule has 0 N–H and O–H groups in total. The van der Waals surface area contributed by atoms with E-state index in [0.29, 0.717) is 5.92 Å². The van der Waals surface area contributed by atoms with Gasteiger partial charge in [-0.05, 0) is 119 Å². The second kappa shape index (κ2) is 13.5. The van der Waals surface area contributed by atoms with E-state index in [0.717, 1.165) is 38.5 Å². The van der Waals surface area contributed by atoms with Gasteiger partial charge in [0.15, 0.2) is 0 Å². The fourth-order valence-electron chi connectivity index (χ4n) is 6.87. The summed E-state index contributed by atoms with van der Waals surface area (Å²) in [7, 11) is 0. The van der Waals surface area contributed by atoms with Gasteiger partial charge in [0.1, 0.15) is 0 Å². The highest BCUT2D eigenvalue weighted by Gasteiger charge is 2.22. The molecule has 0 saturated heterocycles. The molecule has 2 bridgehead atoms. The molecular weight excluding hydrogens is 504 g/mol. The molecule has 0 aromatic heterocycles. The molecule has 42 heavy (non-hydrogen) atoms. The number of aryl methyl sites for hydroxylation is 2. The molecule has 1 atom stereocenters. The third-order valence-corrected chi connectivity index (χ3v) is 9.49. The maximum Gasteiger partial charge on any atom is -0.0102 e. The Labute approximate surface area is 256 Å². The highest BCUT2D eigenvalue weighted by atomic mass is 14.3. The number of hydrogen-bond acceptors (Lipinski definition) is 0. The van der Waals surface area contributed by atoms with Crippen LogP contribution in [0, 0.1) is 5.92 Å². The van der Waals surface area contributed by atoms with Crippen LogP contribution < -0.4 is 0 Å². The first-order valence-electron chi connectivity index (χ1n) is 16.8. The highest BCUT2D eigenvalue weighted by molar-refractivity contribution is 5.99. The van der Waals surface area contributed by atoms with Gasteiger partial charge < -0.3 is 0 Å². The molecular formula is C42H52. The number of benzene rings is 3. The van der Waals surface area contributed by atoms with Crippen LogP contribution in [0.3, 0.4) is 0 Å². The van der Waals surface area contributed by atoms with Gasteiger partial charge in [0, 0.05) is 0 Å². The van der Waals surface area contributed by atoms with E-state index in [1.807, 2.05) is 0 Å². The van der Waals surface area contributed by atoms with Crippen molar-refractivity contribution >= 4 is 22.4 Å². The Morgan fingerprint density at radius 1 is 0.857 bits per heavy atom. The van der Waals surface area contributed by atoms with Gasteiger partial charge in [-0.25, -0.2) is 0 Å². The Hall–Kier alpha value is -3.12. The average molecular weight is 557 g/mol. The molecule has 2 aliphatic rings. The van der Waals surface area contributed by atoms with Crippen LogP contribution in [0.2, 0.25) is 0 Å². The minimum Gasteiger partial charge on any atom is -0.0833 e. The van der Waals surface area contributed by atoms with Crippen LogP contribution in [0.1, 0.15) is 126 Å². The lowest BCUT2D eigenvalue weighted by molar-refractivity contribution is 0.589. The third kappa shape index (κ3) is 6.91. The van der Waals surface area contributed by atoms with E-state index in [2.05, 4.69) is 120 Å². The van der Waals surface area contributed by atoms with Gasteiger partial charge in [-0.15, -0.1) is 0 Å². The first-order chi connectivity index (χ1) is 20.3. The van der Waals surface area contributed by atoms with Crippen LogP contribution in [0.5, 0.6) is 0 Å². The van der Waals surface area contributed by atoms with Crippen molar-refractivity contribution < 1.29 is 0 Å². The molecule has 2 aliphatic carbocycles. The van der Waals surface area contributed by atoms with E-state index < -0.39 is 0 Å². The van der Waals surface area contributed by atoms with E-state index in [-0.39, 0.29) is 5.41 Å². The molecule has 0 nitrogen and oxygen atoms in total. The molecule has 0 amide bonds. The molecule has 0 radical (unpaired) electrons. The SMILES string of the molecule is CCCc1ccc2c3c(ccc2c1)C1=CC(CC=C3)CCC=C(CC)C=C(CC)CCCc2ccc(C(C)(C)C)cc21. The fraction of sp³-hybridized carbons (Fsp3) is 0.429. The summed E-state index contributed by atoms with van der Waals surface area (Å²) in [4.78, 5) is 0. The molecule has 1 unspecified atom stereocenters. The van der Waals surface area contributed by atoms with Crippen LogP contribution in [0.15, 0.2) is 84.0 Å². The van der Waals surface area contributed by atoms with E-state index >= 15 is 0 Å². The minimum atomic E-state index is 0.108. The van der Waals surface area contributed by atoms with Crippen molar-refractivity contribution in [1.29, 1.82) is 0 Å². The smallest absolute Gasteiger partial charge is 0.0102 e. The van der Waals surface area contributed by atoms with Crippen LogP contribution in [-0.2, 0) is 18.3 Å². The van der Waals surface area contributed by atoms with E-state index in [4.69, 9.17) is 0 Å². The van der Waals surface area contributed by atoms with E-state index in [1.54, 1.807) is 5.57 Å². The molecule has 220 valence electrons. The Morgan fingerprint density at radius 3 is 2.48 bits per heavy atom. The molecule has 0 saturated carbocycles. The molecule has 5 rings (SSSR count). The average Bonchev–Trinajstić information content (AvgIpc) is 2.96. The quantitative estimate of drug-likeness (QED) is 0.300. The number of rotatable bonds is 4. The lowest BCUT2D eigenvalue weighted by Crippen LogP contribution is -2.13. The van der Waals surface area contributed by atoms with E-state index in [1.165, 1.54) is 81.0 Å². The zero-order chi connectivity index (χ0) is 29.7. The van der Waals surface area contributed by atoms with Crippen molar-refractivity contribution in [2.24, 2.45) is 5.92 Å². The first-order valence-corrected chi connectivity index (χ1v) is 16.8.